The first-order chi connectivity index (χ1) is 15.2. The van der Waals surface area contributed by atoms with E-state index < -0.39 is 0 Å². The van der Waals surface area contributed by atoms with Crippen LogP contribution in [0.25, 0.3) is 5.65 Å². The molecule has 31 heavy (non-hydrogen) atoms. The molecule has 3 aromatic rings. The number of benzene rings is 1. The largest absolute Gasteiger partial charge is 0.454 e. The van der Waals surface area contributed by atoms with E-state index in [9.17, 15) is 0 Å². The highest BCUT2D eigenvalue weighted by Gasteiger charge is 2.28. The number of likely N-dealkylation sites (N-methyl/N-ethyl adjacent to an activating group) is 1. The van der Waals surface area contributed by atoms with E-state index in [0.717, 1.165) is 62.1 Å². The number of pyridine rings is 1. The SMILES string of the molecule is CN1CCN(Cc2ccc3c(c2)OCO3)C[C@@H]1c1cn2c(N3CCCC3)cccc2n1. The van der Waals surface area contributed by atoms with Crippen molar-refractivity contribution < 1.29 is 9.47 Å². The highest BCUT2D eigenvalue weighted by molar-refractivity contribution is 5.53. The van der Waals surface area contributed by atoms with Crippen molar-refractivity contribution in [1.82, 2.24) is 19.2 Å². The van der Waals surface area contributed by atoms with Gasteiger partial charge in [-0.1, -0.05) is 12.1 Å². The predicted molar refractivity (Wildman–Crippen MR) is 120 cm³/mol. The predicted octanol–water partition coefficient (Wildman–Crippen LogP) is 3.15. The Labute approximate surface area is 182 Å². The summed E-state index contributed by atoms with van der Waals surface area (Å²) in [6.07, 6.45) is 4.81. The first-order valence-corrected chi connectivity index (χ1v) is 11.3. The molecule has 0 amide bonds. The lowest BCUT2D eigenvalue weighted by atomic mass is 10.1. The van der Waals surface area contributed by atoms with Crippen LogP contribution >= 0.6 is 0 Å². The molecule has 0 unspecified atom stereocenters. The fourth-order valence-electron chi connectivity index (χ4n) is 5.07. The second-order valence-electron chi connectivity index (χ2n) is 8.89. The van der Waals surface area contributed by atoms with Crippen molar-refractivity contribution in [2.75, 3.05) is 51.5 Å². The molecule has 5 heterocycles. The monoisotopic (exact) mass is 419 g/mol. The molecule has 2 saturated heterocycles. The van der Waals surface area contributed by atoms with Gasteiger partial charge in [-0.3, -0.25) is 14.2 Å². The first-order valence-electron chi connectivity index (χ1n) is 11.3. The summed E-state index contributed by atoms with van der Waals surface area (Å²) in [7, 11) is 2.22. The maximum atomic E-state index is 5.56. The van der Waals surface area contributed by atoms with Crippen LogP contribution in [0, 0.1) is 0 Å². The molecular weight excluding hydrogens is 390 g/mol. The lowest BCUT2D eigenvalue weighted by Crippen LogP contribution is -2.46. The van der Waals surface area contributed by atoms with E-state index >= 15 is 0 Å². The van der Waals surface area contributed by atoms with Gasteiger partial charge in [-0.15, -0.1) is 0 Å². The van der Waals surface area contributed by atoms with Gasteiger partial charge in [-0.05, 0) is 49.7 Å². The van der Waals surface area contributed by atoms with Crippen LogP contribution in [0.4, 0.5) is 5.82 Å². The average Bonchev–Trinajstić information content (AvgIpc) is 3.54. The summed E-state index contributed by atoms with van der Waals surface area (Å²) in [6, 6.07) is 13.0. The highest BCUT2D eigenvalue weighted by atomic mass is 16.7. The number of nitrogens with zero attached hydrogens (tertiary/aromatic N) is 5. The third-order valence-corrected chi connectivity index (χ3v) is 6.84. The van der Waals surface area contributed by atoms with Gasteiger partial charge in [0.25, 0.3) is 0 Å². The minimum absolute atomic E-state index is 0.286. The Morgan fingerprint density at radius 1 is 1.00 bits per heavy atom. The lowest BCUT2D eigenvalue weighted by Gasteiger charge is -2.38. The number of fused-ring (bicyclic) bond motifs is 2. The summed E-state index contributed by atoms with van der Waals surface area (Å²) in [6.45, 7) is 6.55. The molecule has 0 spiro atoms. The van der Waals surface area contributed by atoms with Gasteiger partial charge in [0, 0.05) is 45.5 Å². The number of ether oxygens (including phenoxy) is 2. The van der Waals surface area contributed by atoms with Gasteiger partial charge in [-0.2, -0.15) is 0 Å². The molecule has 7 heteroatoms. The van der Waals surface area contributed by atoms with Crippen molar-refractivity contribution in [2.45, 2.75) is 25.4 Å². The number of hydrogen-bond donors (Lipinski definition) is 0. The number of aromatic nitrogens is 2. The summed E-state index contributed by atoms with van der Waals surface area (Å²) in [5.74, 6) is 2.97. The van der Waals surface area contributed by atoms with Crippen LogP contribution in [-0.2, 0) is 6.54 Å². The molecular formula is C24H29N5O2. The van der Waals surface area contributed by atoms with E-state index in [2.05, 4.69) is 62.7 Å². The van der Waals surface area contributed by atoms with Crippen LogP contribution < -0.4 is 14.4 Å². The summed E-state index contributed by atoms with van der Waals surface area (Å²) in [4.78, 5) is 12.5. The van der Waals surface area contributed by atoms with Crippen molar-refractivity contribution in [3.05, 3.63) is 53.9 Å². The number of hydrogen-bond acceptors (Lipinski definition) is 6. The van der Waals surface area contributed by atoms with Crippen LogP contribution in [-0.4, -0.2) is 65.7 Å². The minimum Gasteiger partial charge on any atom is -0.454 e. The first kappa shape index (κ1) is 19.0. The summed E-state index contributed by atoms with van der Waals surface area (Å²) in [5, 5.41) is 0. The maximum Gasteiger partial charge on any atom is 0.231 e. The third-order valence-electron chi connectivity index (χ3n) is 6.84. The molecule has 2 fully saturated rings. The van der Waals surface area contributed by atoms with E-state index in [4.69, 9.17) is 14.5 Å². The molecule has 0 saturated carbocycles. The normalized spacial score (nSPS) is 22.0. The van der Waals surface area contributed by atoms with Gasteiger partial charge in [0.2, 0.25) is 6.79 Å². The van der Waals surface area contributed by atoms with Crippen molar-refractivity contribution in [1.29, 1.82) is 0 Å². The topological polar surface area (TPSA) is 45.5 Å². The standard InChI is InChI=1S/C24H29N5O2/c1-26-11-12-27(14-18-7-8-21-22(13-18)31-17-30-21)16-20(26)19-15-29-23(25-19)5-4-6-24(29)28-9-2-3-10-28/h4-8,13,15,20H,2-3,9-12,14,16-17H2,1H3/t20-/m1/s1. The molecule has 0 aliphatic carbocycles. The van der Waals surface area contributed by atoms with E-state index in [0.29, 0.717) is 6.79 Å². The Bertz CT molecular complexity index is 1090. The zero-order chi connectivity index (χ0) is 20.8. The van der Waals surface area contributed by atoms with Gasteiger partial charge in [0.05, 0.1) is 11.7 Å². The van der Waals surface area contributed by atoms with Gasteiger partial charge in [-0.25, -0.2) is 4.98 Å². The molecule has 162 valence electrons. The van der Waals surface area contributed by atoms with E-state index in [1.807, 2.05) is 6.07 Å². The Hall–Kier alpha value is -2.77. The molecule has 2 aromatic heterocycles. The molecule has 0 radical (unpaired) electrons. The van der Waals surface area contributed by atoms with Crippen LogP contribution in [0.15, 0.2) is 42.6 Å². The van der Waals surface area contributed by atoms with Gasteiger partial charge in [0.15, 0.2) is 11.5 Å². The van der Waals surface area contributed by atoms with Crippen molar-refractivity contribution >= 4 is 11.5 Å². The molecule has 3 aliphatic heterocycles. The minimum atomic E-state index is 0.286. The molecule has 1 aromatic carbocycles. The van der Waals surface area contributed by atoms with E-state index in [1.54, 1.807) is 0 Å². The second-order valence-corrected chi connectivity index (χ2v) is 8.89. The fraction of sp³-hybridized carbons (Fsp3) is 0.458. The molecule has 0 bridgehead atoms. The summed E-state index contributed by atoms with van der Waals surface area (Å²) < 4.78 is 13.3. The molecule has 7 nitrogen and oxygen atoms in total. The third kappa shape index (κ3) is 3.51. The van der Waals surface area contributed by atoms with Crippen molar-refractivity contribution in [3.63, 3.8) is 0 Å². The Morgan fingerprint density at radius 3 is 2.77 bits per heavy atom. The van der Waals surface area contributed by atoms with Gasteiger partial charge < -0.3 is 14.4 Å². The number of imidazole rings is 1. The Morgan fingerprint density at radius 2 is 1.87 bits per heavy atom. The number of anilines is 1. The van der Waals surface area contributed by atoms with Crippen molar-refractivity contribution in [3.8, 4) is 11.5 Å². The zero-order valence-corrected chi connectivity index (χ0v) is 18.0. The Kier molecular flexibility index (Phi) is 4.73. The highest BCUT2D eigenvalue weighted by Crippen LogP contribution is 2.33. The van der Waals surface area contributed by atoms with Crippen LogP contribution in [0.1, 0.15) is 30.1 Å². The Balaban J connectivity index is 1.24. The lowest BCUT2D eigenvalue weighted by molar-refractivity contribution is 0.0885. The fourth-order valence-corrected chi connectivity index (χ4v) is 5.07. The molecule has 1 atom stereocenters. The number of piperazine rings is 1. The number of rotatable bonds is 4. The van der Waals surface area contributed by atoms with Crippen LogP contribution in [0.3, 0.4) is 0 Å². The zero-order valence-electron chi connectivity index (χ0n) is 18.0. The van der Waals surface area contributed by atoms with Gasteiger partial charge in [0.1, 0.15) is 11.5 Å². The van der Waals surface area contributed by atoms with Crippen LogP contribution in [0.2, 0.25) is 0 Å². The quantitative estimate of drug-likeness (QED) is 0.647. The van der Waals surface area contributed by atoms with Crippen molar-refractivity contribution in [2.24, 2.45) is 0 Å². The smallest absolute Gasteiger partial charge is 0.231 e. The summed E-state index contributed by atoms with van der Waals surface area (Å²) in [5.41, 5.74) is 3.46. The molecule has 6 rings (SSSR count). The maximum absolute atomic E-state index is 5.56. The molecule has 0 N–H and O–H groups in total. The van der Waals surface area contributed by atoms with Crippen LogP contribution in [0.5, 0.6) is 11.5 Å². The second kappa shape index (κ2) is 7.73. The van der Waals surface area contributed by atoms with Gasteiger partial charge >= 0.3 is 0 Å². The van der Waals surface area contributed by atoms with E-state index in [-0.39, 0.29) is 6.04 Å². The summed E-state index contributed by atoms with van der Waals surface area (Å²) >= 11 is 0. The average molecular weight is 420 g/mol. The van der Waals surface area contributed by atoms with E-state index in [1.165, 1.54) is 24.2 Å². The molecule has 3 aliphatic rings.